The van der Waals surface area contributed by atoms with Crippen LogP contribution in [0, 0.1) is 11.8 Å². The minimum absolute atomic E-state index is 0.0600. The van der Waals surface area contributed by atoms with E-state index >= 15 is 0 Å². The van der Waals surface area contributed by atoms with Gasteiger partial charge in [-0.15, -0.1) is 0 Å². The smallest absolute Gasteiger partial charge is 0.326 e. The average molecular weight is 393 g/mol. The Balaban J connectivity index is 2.15. The maximum absolute atomic E-state index is 11.3. The van der Waals surface area contributed by atoms with Crippen LogP contribution >= 0.6 is 0 Å². The molecule has 28 heavy (non-hydrogen) atoms. The summed E-state index contributed by atoms with van der Waals surface area (Å²) in [7, 11) is 0. The number of aliphatic carboxylic acids is 1. The molecular weight excluding hydrogens is 370 g/mol. The molecule has 0 aliphatic carbocycles. The van der Waals surface area contributed by atoms with Crippen molar-refractivity contribution in [3.05, 3.63) is 35.4 Å². The Morgan fingerprint density at radius 2 is 1.93 bits per heavy atom. The molecule has 0 saturated carbocycles. The van der Waals surface area contributed by atoms with E-state index in [1.165, 1.54) is 6.92 Å². The van der Waals surface area contributed by atoms with Gasteiger partial charge in [0.05, 0.1) is 6.61 Å². The van der Waals surface area contributed by atoms with E-state index in [-0.39, 0.29) is 6.42 Å². The molecule has 6 atom stereocenters. The summed E-state index contributed by atoms with van der Waals surface area (Å²) >= 11 is 0. The lowest BCUT2D eigenvalue weighted by Gasteiger charge is -2.37. The van der Waals surface area contributed by atoms with Crippen molar-refractivity contribution in [3.8, 4) is 11.8 Å². The van der Waals surface area contributed by atoms with E-state index in [2.05, 4.69) is 17.2 Å². The van der Waals surface area contributed by atoms with Gasteiger partial charge in [-0.2, -0.15) is 0 Å². The Bertz CT molecular complexity index is 769. The number of aliphatic hydroxyl groups excluding tert-OH is 4. The van der Waals surface area contributed by atoms with Crippen LogP contribution in [0.5, 0.6) is 0 Å². The highest BCUT2D eigenvalue weighted by molar-refractivity contribution is 5.82. The third-order valence-corrected chi connectivity index (χ3v) is 4.29. The molecule has 9 heteroatoms. The van der Waals surface area contributed by atoms with Crippen LogP contribution < -0.4 is 5.32 Å². The molecule has 152 valence electrons. The number of carboxylic acids is 1. The fourth-order valence-corrected chi connectivity index (χ4v) is 2.83. The molecule has 1 aliphatic heterocycles. The number of hydrogen-bond acceptors (Lipinski definition) is 7. The Morgan fingerprint density at radius 3 is 2.54 bits per heavy atom. The number of ether oxygens (including phenoxy) is 1. The molecule has 0 radical (unpaired) electrons. The first kappa shape index (κ1) is 21.8. The van der Waals surface area contributed by atoms with Crippen LogP contribution in [0.25, 0.3) is 0 Å². The van der Waals surface area contributed by atoms with Crippen molar-refractivity contribution < 1.29 is 39.9 Å². The van der Waals surface area contributed by atoms with Crippen LogP contribution in [-0.2, 0) is 20.7 Å². The van der Waals surface area contributed by atoms with Gasteiger partial charge in [-0.05, 0) is 17.7 Å². The predicted octanol–water partition coefficient (Wildman–Crippen LogP) is -1.99. The molecule has 0 unspecified atom stereocenters. The van der Waals surface area contributed by atoms with Gasteiger partial charge in [0.25, 0.3) is 0 Å². The molecule has 0 spiro atoms. The fourth-order valence-electron chi connectivity index (χ4n) is 2.83. The second-order valence-electron chi connectivity index (χ2n) is 6.51. The van der Waals surface area contributed by atoms with E-state index in [9.17, 15) is 35.1 Å². The number of carbonyl (C=O) groups is 2. The topological polar surface area (TPSA) is 157 Å². The van der Waals surface area contributed by atoms with E-state index in [4.69, 9.17) is 4.74 Å². The maximum atomic E-state index is 11.3. The molecule has 6 N–H and O–H groups in total. The molecule has 1 aromatic rings. The number of amides is 1. The van der Waals surface area contributed by atoms with E-state index < -0.39 is 55.0 Å². The van der Waals surface area contributed by atoms with Crippen LogP contribution in [0.2, 0.25) is 0 Å². The number of benzene rings is 1. The van der Waals surface area contributed by atoms with Crippen molar-refractivity contribution in [1.29, 1.82) is 0 Å². The second-order valence-corrected chi connectivity index (χ2v) is 6.51. The standard InChI is InChI=1S/C19H23NO8/c1-10(22)20-13(19(26)27)8-12-4-2-3-11(7-12)5-6-14-16(23)18(25)17(24)15(9-21)28-14/h2-4,7,13-18,21,23-25H,8-9H2,1H3,(H,20,22)(H,26,27)/t13-,14+,15-,16+,17-,18-/m1/s1. The third-order valence-electron chi connectivity index (χ3n) is 4.29. The highest BCUT2D eigenvalue weighted by Crippen LogP contribution is 2.20. The summed E-state index contributed by atoms with van der Waals surface area (Å²) in [5, 5.41) is 50.3. The normalized spacial score (nSPS) is 28.0. The number of hydrogen-bond donors (Lipinski definition) is 6. The number of aliphatic hydroxyl groups is 4. The number of carbonyl (C=O) groups excluding carboxylic acids is 1. The van der Waals surface area contributed by atoms with Gasteiger partial charge in [0.15, 0.2) is 0 Å². The summed E-state index contributed by atoms with van der Waals surface area (Å²) in [5.74, 6) is 3.80. The van der Waals surface area contributed by atoms with Crippen molar-refractivity contribution in [2.75, 3.05) is 6.61 Å². The van der Waals surface area contributed by atoms with Crippen molar-refractivity contribution in [1.82, 2.24) is 5.32 Å². The predicted molar refractivity (Wildman–Crippen MR) is 96.0 cm³/mol. The van der Waals surface area contributed by atoms with Crippen molar-refractivity contribution >= 4 is 11.9 Å². The summed E-state index contributed by atoms with van der Waals surface area (Å²) in [6, 6.07) is 5.57. The van der Waals surface area contributed by atoms with Crippen LogP contribution in [0.15, 0.2) is 24.3 Å². The van der Waals surface area contributed by atoms with Gasteiger partial charge in [0, 0.05) is 18.9 Å². The molecule has 0 bridgehead atoms. The molecule has 0 aromatic heterocycles. The number of rotatable bonds is 5. The zero-order chi connectivity index (χ0) is 20.8. The molecule has 1 heterocycles. The van der Waals surface area contributed by atoms with E-state index in [1.807, 2.05) is 0 Å². The summed E-state index contributed by atoms with van der Waals surface area (Å²) in [5.41, 5.74) is 1.13. The summed E-state index contributed by atoms with van der Waals surface area (Å²) in [6.07, 6.45) is -6.52. The monoisotopic (exact) mass is 393 g/mol. The van der Waals surface area contributed by atoms with Crippen LogP contribution in [0.3, 0.4) is 0 Å². The number of nitrogens with one attached hydrogen (secondary N) is 1. The first-order valence-electron chi connectivity index (χ1n) is 8.63. The summed E-state index contributed by atoms with van der Waals surface area (Å²) < 4.78 is 5.31. The molecule has 1 aromatic carbocycles. The molecule has 1 saturated heterocycles. The van der Waals surface area contributed by atoms with E-state index in [0.717, 1.165) is 0 Å². The highest BCUT2D eigenvalue weighted by atomic mass is 16.5. The quantitative estimate of drug-likeness (QED) is 0.314. The first-order valence-corrected chi connectivity index (χ1v) is 8.63. The van der Waals surface area contributed by atoms with Gasteiger partial charge in [0.2, 0.25) is 5.91 Å². The zero-order valence-corrected chi connectivity index (χ0v) is 15.1. The van der Waals surface area contributed by atoms with Gasteiger partial charge in [-0.3, -0.25) is 4.79 Å². The van der Waals surface area contributed by atoms with Crippen molar-refractivity contribution in [2.24, 2.45) is 0 Å². The van der Waals surface area contributed by atoms with E-state index in [0.29, 0.717) is 11.1 Å². The van der Waals surface area contributed by atoms with Crippen LogP contribution in [0.4, 0.5) is 0 Å². The lowest BCUT2D eigenvalue weighted by atomic mass is 9.95. The largest absolute Gasteiger partial charge is 0.480 e. The second kappa shape index (κ2) is 9.64. The molecule has 9 nitrogen and oxygen atoms in total. The zero-order valence-electron chi connectivity index (χ0n) is 15.1. The molecule has 1 amide bonds. The van der Waals surface area contributed by atoms with Gasteiger partial charge in [-0.1, -0.05) is 24.0 Å². The summed E-state index contributed by atoms with van der Waals surface area (Å²) in [4.78, 5) is 22.4. The minimum Gasteiger partial charge on any atom is -0.480 e. The summed E-state index contributed by atoms with van der Waals surface area (Å²) in [6.45, 7) is 0.691. The Labute approximate surface area is 161 Å². The van der Waals surface area contributed by atoms with Crippen molar-refractivity contribution in [3.63, 3.8) is 0 Å². The highest BCUT2D eigenvalue weighted by Gasteiger charge is 2.42. The van der Waals surface area contributed by atoms with Gasteiger partial charge < -0.3 is 35.6 Å². The first-order chi connectivity index (χ1) is 13.2. The lowest BCUT2D eigenvalue weighted by molar-refractivity contribution is -0.214. The molecule has 1 fully saturated rings. The van der Waals surface area contributed by atoms with Gasteiger partial charge in [0.1, 0.15) is 36.6 Å². The SMILES string of the molecule is CC(=O)N[C@H](Cc1cccc(C#C[C@@H]2O[C@H](CO)[C@@H](O)[C@H](O)[C@H]2O)c1)C(=O)O. The Hall–Kier alpha value is -2.48. The molecule has 1 aliphatic rings. The third kappa shape index (κ3) is 5.51. The number of carboxylic acid groups (broad SMARTS) is 1. The fraction of sp³-hybridized carbons (Fsp3) is 0.474. The Morgan fingerprint density at radius 1 is 1.21 bits per heavy atom. The minimum atomic E-state index is -1.51. The maximum Gasteiger partial charge on any atom is 0.326 e. The Kier molecular flexibility index (Phi) is 7.51. The van der Waals surface area contributed by atoms with Crippen LogP contribution in [0.1, 0.15) is 18.1 Å². The van der Waals surface area contributed by atoms with Crippen LogP contribution in [-0.4, -0.2) is 80.6 Å². The van der Waals surface area contributed by atoms with E-state index in [1.54, 1.807) is 24.3 Å². The average Bonchev–Trinajstić information content (AvgIpc) is 2.65. The van der Waals surface area contributed by atoms with Crippen molar-refractivity contribution in [2.45, 2.75) is 49.9 Å². The molecular formula is C19H23NO8. The lowest BCUT2D eigenvalue weighted by Crippen LogP contribution is -2.58. The van der Waals surface area contributed by atoms with Gasteiger partial charge in [-0.25, -0.2) is 4.79 Å². The molecule has 2 rings (SSSR count). The van der Waals surface area contributed by atoms with Gasteiger partial charge >= 0.3 is 5.97 Å².